The van der Waals surface area contributed by atoms with Crippen molar-refractivity contribution in [3.8, 4) is 5.75 Å². The predicted octanol–water partition coefficient (Wildman–Crippen LogP) is 4.89. The second kappa shape index (κ2) is 6.57. The fourth-order valence-corrected chi connectivity index (χ4v) is 4.71. The summed E-state index contributed by atoms with van der Waals surface area (Å²) in [5.74, 6) is 1.38. The van der Waals surface area contributed by atoms with Crippen LogP contribution < -0.4 is 4.74 Å². The first kappa shape index (κ1) is 17.3. The SMILES string of the molecule is C=CCO[C@@H](c1ccccc1)[C@@]12C[C@@H]1CO[C@]2(C)c1ccc(OC)cc1. The van der Waals surface area contributed by atoms with Gasteiger partial charge in [-0.1, -0.05) is 48.5 Å². The number of benzene rings is 2. The number of methoxy groups -OCH3 is 1. The molecule has 1 heterocycles. The molecule has 0 radical (unpaired) electrons. The number of fused-ring (bicyclic) bond motifs is 1. The third-order valence-corrected chi connectivity index (χ3v) is 6.21. The normalized spacial score (nSPS) is 30.5. The number of hydrogen-bond acceptors (Lipinski definition) is 3. The molecule has 0 spiro atoms. The molecule has 0 unspecified atom stereocenters. The summed E-state index contributed by atoms with van der Waals surface area (Å²) in [4.78, 5) is 0. The van der Waals surface area contributed by atoms with Crippen molar-refractivity contribution in [2.45, 2.75) is 25.0 Å². The minimum Gasteiger partial charge on any atom is -0.497 e. The summed E-state index contributed by atoms with van der Waals surface area (Å²) in [6, 6.07) is 18.8. The molecular weight excluding hydrogens is 324 g/mol. The maximum absolute atomic E-state index is 6.40. The number of hydrogen-bond donors (Lipinski definition) is 0. The van der Waals surface area contributed by atoms with E-state index in [2.05, 4.69) is 49.9 Å². The van der Waals surface area contributed by atoms with Gasteiger partial charge in [-0.25, -0.2) is 0 Å². The highest BCUT2D eigenvalue weighted by Gasteiger charge is 2.74. The molecule has 3 nitrogen and oxygen atoms in total. The van der Waals surface area contributed by atoms with Crippen LogP contribution in [-0.2, 0) is 15.1 Å². The van der Waals surface area contributed by atoms with Crippen molar-refractivity contribution in [3.05, 3.63) is 78.4 Å². The van der Waals surface area contributed by atoms with Gasteiger partial charge in [-0.2, -0.15) is 0 Å². The summed E-state index contributed by atoms with van der Waals surface area (Å²) in [7, 11) is 1.69. The van der Waals surface area contributed by atoms with Crippen LogP contribution in [0.5, 0.6) is 5.75 Å². The van der Waals surface area contributed by atoms with Crippen LogP contribution in [-0.4, -0.2) is 20.3 Å². The lowest BCUT2D eigenvalue weighted by molar-refractivity contribution is -0.103. The smallest absolute Gasteiger partial charge is 0.118 e. The molecule has 2 aromatic rings. The third-order valence-electron chi connectivity index (χ3n) is 6.21. The molecule has 2 aromatic carbocycles. The molecule has 0 aromatic heterocycles. The van der Waals surface area contributed by atoms with Crippen molar-refractivity contribution in [2.75, 3.05) is 20.3 Å². The van der Waals surface area contributed by atoms with E-state index in [9.17, 15) is 0 Å². The van der Waals surface area contributed by atoms with Crippen molar-refractivity contribution in [3.63, 3.8) is 0 Å². The first-order valence-electron chi connectivity index (χ1n) is 9.21. The maximum atomic E-state index is 6.40. The van der Waals surface area contributed by atoms with E-state index in [1.54, 1.807) is 7.11 Å². The zero-order valence-corrected chi connectivity index (χ0v) is 15.5. The lowest BCUT2D eigenvalue weighted by Crippen LogP contribution is -2.38. The van der Waals surface area contributed by atoms with Gasteiger partial charge in [-0.15, -0.1) is 6.58 Å². The van der Waals surface area contributed by atoms with Crippen LogP contribution in [0.1, 0.15) is 30.6 Å². The van der Waals surface area contributed by atoms with Crippen LogP contribution in [0.15, 0.2) is 67.3 Å². The Kier molecular flexibility index (Phi) is 4.37. The van der Waals surface area contributed by atoms with Gasteiger partial charge in [0, 0.05) is 5.41 Å². The zero-order valence-electron chi connectivity index (χ0n) is 15.5. The highest BCUT2D eigenvalue weighted by molar-refractivity contribution is 5.39. The average Bonchev–Trinajstić information content (AvgIpc) is 3.36. The molecule has 0 N–H and O–H groups in total. The quantitative estimate of drug-likeness (QED) is 0.665. The predicted molar refractivity (Wildman–Crippen MR) is 102 cm³/mol. The van der Waals surface area contributed by atoms with Gasteiger partial charge in [0.15, 0.2) is 0 Å². The minimum absolute atomic E-state index is 0.0127. The van der Waals surface area contributed by atoms with Crippen LogP contribution >= 0.6 is 0 Å². The van der Waals surface area contributed by atoms with Crippen molar-refractivity contribution in [1.29, 1.82) is 0 Å². The highest BCUT2D eigenvalue weighted by atomic mass is 16.5. The molecule has 2 fully saturated rings. The Balaban J connectivity index is 1.75. The summed E-state index contributed by atoms with van der Waals surface area (Å²) < 4.78 is 18.1. The minimum atomic E-state index is -0.383. The number of rotatable bonds is 7. The van der Waals surface area contributed by atoms with Crippen LogP contribution in [0.25, 0.3) is 0 Å². The Morgan fingerprint density at radius 3 is 2.54 bits per heavy atom. The molecule has 4 atom stereocenters. The van der Waals surface area contributed by atoms with Crippen molar-refractivity contribution in [1.82, 2.24) is 0 Å². The van der Waals surface area contributed by atoms with E-state index >= 15 is 0 Å². The van der Waals surface area contributed by atoms with E-state index in [0.29, 0.717) is 12.5 Å². The van der Waals surface area contributed by atoms with Crippen molar-refractivity contribution >= 4 is 0 Å². The standard InChI is InChI=1S/C23H26O3/c1-4-14-25-21(17-8-6-5-7-9-17)23-15-19(23)16-26-22(23,2)18-10-12-20(24-3)13-11-18/h4-13,19,21H,1,14-16H2,2-3H3/t19-,21+,22-,23-/m1/s1. The van der Waals surface area contributed by atoms with Crippen LogP contribution in [0, 0.1) is 11.3 Å². The molecule has 1 aliphatic heterocycles. The molecule has 1 saturated carbocycles. The molecule has 1 aliphatic carbocycles. The average molecular weight is 350 g/mol. The molecule has 2 aliphatic rings. The Bertz CT molecular complexity index is 770. The van der Waals surface area contributed by atoms with E-state index in [4.69, 9.17) is 14.2 Å². The van der Waals surface area contributed by atoms with Gasteiger partial charge in [-0.3, -0.25) is 0 Å². The van der Waals surface area contributed by atoms with Gasteiger partial charge in [0.1, 0.15) is 5.75 Å². The lowest BCUT2D eigenvalue weighted by Gasteiger charge is -2.40. The van der Waals surface area contributed by atoms with Gasteiger partial charge in [-0.05, 0) is 42.5 Å². The van der Waals surface area contributed by atoms with E-state index < -0.39 is 0 Å². The zero-order chi connectivity index (χ0) is 18.2. The molecular formula is C23H26O3. The van der Waals surface area contributed by atoms with Crippen LogP contribution in [0.3, 0.4) is 0 Å². The lowest BCUT2D eigenvalue weighted by atomic mass is 9.74. The van der Waals surface area contributed by atoms with E-state index in [1.807, 2.05) is 24.3 Å². The topological polar surface area (TPSA) is 27.7 Å². The first-order chi connectivity index (χ1) is 12.7. The molecule has 4 rings (SSSR count). The summed E-state index contributed by atoms with van der Waals surface area (Å²) >= 11 is 0. The highest BCUT2D eigenvalue weighted by Crippen LogP contribution is 2.75. The molecule has 0 amide bonds. The second-order valence-corrected chi connectivity index (χ2v) is 7.43. The van der Waals surface area contributed by atoms with Crippen molar-refractivity contribution in [2.24, 2.45) is 11.3 Å². The maximum Gasteiger partial charge on any atom is 0.118 e. The largest absolute Gasteiger partial charge is 0.497 e. The van der Waals surface area contributed by atoms with Gasteiger partial charge in [0.2, 0.25) is 0 Å². The summed E-state index contributed by atoms with van der Waals surface area (Å²) in [5.41, 5.74) is 1.96. The molecule has 26 heavy (non-hydrogen) atoms. The van der Waals surface area contributed by atoms with Crippen LogP contribution in [0.4, 0.5) is 0 Å². The summed E-state index contributed by atoms with van der Waals surface area (Å²) in [6.45, 7) is 7.37. The summed E-state index contributed by atoms with van der Waals surface area (Å²) in [6.07, 6.45) is 2.93. The summed E-state index contributed by atoms with van der Waals surface area (Å²) in [5, 5.41) is 0. The molecule has 136 valence electrons. The fourth-order valence-electron chi connectivity index (χ4n) is 4.71. The van der Waals surface area contributed by atoms with Gasteiger partial charge >= 0.3 is 0 Å². The second-order valence-electron chi connectivity index (χ2n) is 7.43. The van der Waals surface area contributed by atoms with E-state index in [-0.39, 0.29) is 17.1 Å². The molecule has 0 bridgehead atoms. The monoisotopic (exact) mass is 350 g/mol. The Morgan fingerprint density at radius 1 is 1.19 bits per heavy atom. The Labute approximate surface area is 155 Å². The Morgan fingerprint density at radius 2 is 1.92 bits per heavy atom. The van der Waals surface area contributed by atoms with E-state index in [0.717, 1.165) is 18.8 Å². The number of ether oxygens (including phenoxy) is 3. The van der Waals surface area contributed by atoms with Crippen LogP contribution in [0.2, 0.25) is 0 Å². The fraction of sp³-hybridized carbons (Fsp3) is 0.391. The Hall–Kier alpha value is -2.10. The van der Waals surface area contributed by atoms with Gasteiger partial charge < -0.3 is 14.2 Å². The third kappa shape index (κ3) is 2.50. The molecule has 3 heteroatoms. The van der Waals surface area contributed by atoms with Gasteiger partial charge in [0.25, 0.3) is 0 Å². The van der Waals surface area contributed by atoms with E-state index in [1.165, 1.54) is 11.1 Å². The molecule has 1 saturated heterocycles. The van der Waals surface area contributed by atoms with Crippen molar-refractivity contribution < 1.29 is 14.2 Å². The first-order valence-corrected chi connectivity index (χ1v) is 9.21. The van der Waals surface area contributed by atoms with Gasteiger partial charge in [0.05, 0.1) is 32.0 Å².